The van der Waals surface area contributed by atoms with Crippen LogP contribution in [-0.4, -0.2) is 17.0 Å². The number of benzene rings is 1. The highest BCUT2D eigenvalue weighted by atomic mass is 79.9. The summed E-state index contributed by atoms with van der Waals surface area (Å²) in [4.78, 5) is 10.2. The fourth-order valence-corrected chi connectivity index (χ4v) is 1.68. The molecular weight excluding hydrogens is 270 g/mol. The minimum Gasteiger partial charge on any atom is -0.481 e. The van der Waals surface area contributed by atoms with E-state index in [1.165, 1.54) is 0 Å². The van der Waals surface area contributed by atoms with E-state index in [1.54, 1.807) is 24.3 Å². The number of rotatable bonds is 4. The highest BCUT2D eigenvalue weighted by molar-refractivity contribution is 9.10. The first-order valence-electron chi connectivity index (χ1n) is 4.23. The third-order valence-electron chi connectivity index (χ3n) is 1.76. The van der Waals surface area contributed by atoms with E-state index in [9.17, 15) is 13.6 Å². The molecule has 0 aliphatic heterocycles. The van der Waals surface area contributed by atoms with Crippen molar-refractivity contribution in [1.29, 1.82) is 0 Å². The molecule has 0 bridgehead atoms. The molecule has 2 nitrogen and oxygen atoms in total. The van der Waals surface area contributed by atoms with E-state index >= 15 is 0 Å². The first-order chi connectivity index (χ1) is 6.89. The smallest absolute Gasteiger partial charge is 0.309 e. The quantitative estimate of drug-likeness (QED) is 0.919. The Morgan fingerprint density at radius 3 is 2.67 bits per heavy atom. The number of carbonyl (C=O) groups is 1. The lowest BCUT2D eigenvalue weighted by atomic mass is 10.1. The lowest BCUT2D eigenvalue weighted by Crippen LogP contribution is -2.23. The van der Waals surface area contributed by atoms with Gasteiger partial charge in [-0.1, -0.05) is 28.1 Å². The third kappa shape index (κ3) is 4.38. The van der Waals surface area contributed by atoms with E-state index in [1.807, 2.05) is 0 Å². The first-order valence-corrected chi connectivity index (χ1v) is 5.02. The maximum absolute atomic E-state index is 13.1. The molecule has 1 aromatic rings. The molecule has 0 spiro atoms. The van der Waals surface area contributed by atoms with Crippen molar-refractivity contribution in [3.05, 3.63) is 34.3 Å². The number of carboxylic acid groups (broad SMARTS) is 1. The molecule has 0 saturated heterocycles. The Labute approximate surface area is 94.0 Å². The van der Waals surface area contributed by atoms with Crippen molar-refractivity contribution in [3.8, 4) is 0 Å². The largest absolute Gasteiger partial charge is 0.481 e. The fourth-order valence-electron chi connectivity index (χ4n) is 1.23. The molecule has 0 radical (unpaired) electrons. The van der Waals surface area contributed by atoms with Crippen LogP contribution in [0.2, 0.25) is 0 Å². The summed E-state index contributed by atoms with van der Waals surface area (Å²) in [7, 11) is 0. The molecule has 0 aliphatic carbocycles. The number of alkyl halides is 2. The Morgan fingerprint density at radius 1 is 1.47 bits per heavy atom. The molecule has 0 aliphatic rings. The second kappa shape index (κ2) is 4.70. The van der Waals surface area contributed by atoms with Crippen molar-refractivity contribution >= 4 is 21.9 Å². The van der Waals surface area contributed by atoms with Crippen molar-refractivity contribution in [2.45, 2.75) is 18.8 Å². The summed E-state index contributed by atoms with van der Waals surface area (Å²) in [6.07, 6.45) is -1.70. The van der Waals surface area contributed by atoms with Crippen molar-refractivity contribution in [2.75, 3.05) is 0 Å². The molecule has 0 unspecified atom stereocenters. The van der Waals surface area contributed by atoms with Crippen molar-refractivity contribution < 1.29 is 18.7 Å². The van der Waals surface area contributed by atoms with Crippen LogP contribution in [0.5, 0.6) is 0 Å². The molecule has 0 saturated carbocycles. The van der Waals surface area contributed by atoms with Gasteiger partial charge in [0.05, 0.1) is 0 Å². The van der Waals surface area contributed by atoms with Gasteiger partial charge in [-0.25, -0.2) is 8.78 Å². The van der Waals surface area contributed by atoms with E-state index in [2.05, 4.69) is 15.9 Å². The average molecular weight is 279 g/mol. The zero-order valence-electron chi connectivity index (χ0n) is 7.71. The first kappa shape index (κ1) is 12.1. The minimum atomic E-state index is -3.20. The summed E-state index contributed by atoms with van der Waals surface area (Å²) in [5, 5.41) is 8.29. The van der Waals surface area contributed by atoms with Gasteiger partial charge in [-0.15, -0.1) is 0 Å². The molecule has 1 N–H and O–H groups in total. The molecule has 0 fully saturated rings. The zero-order valence-corrected chi connectivity index (χ0v) is 9.30. The van der Waals surface area contributed by atoms with Gasteiger partial charge in [-0.2, -0.15) is 0 Å². The van der Waals surface area contributed by atoms with Gasteiger partial charge in [0.25, 0.3) is 5.92 Å². The van der Waals surface area contributed by atoms with Crippen LogP contribution >= 0.6 is 15.9 Å². The lowest BCUT2D eigenvalue weighted by Gasteiger charge is -2.13. The van der Waals surface area contributed by atoms with E-state index in [4.69, 9.17) is 5.11 Å². The van der Waals surface area contributed by atoms with Crippen LogP contribution in [0.3, 0.4) is 0 Å². The Hall–Kier alpha value is -0.970. The summed E-state index contributed by atoms with van der Waals surface area (Å²) in [6, 6.07) is 6.45. The maximum Gasteiger partial charge on any atom is 0.309 e. The van der Waals surface area contributed by atoms with E-state index in [0.29, 0.717) is 10.0 Å². The average Bonchev–Trinajstić information content (AvgIpc) is 1.99. The summed E-state index contributed by atoms with van der Waals surface area (Å²) in [6.45, 7) is 0. The topological polar surface area (TPSA) is 37.3 Å². The third-order valence-corrected chi connectivity index (χ3v) is 2.25. The Morgan fingerprint density at radius 2 is 2.13 bits per heavy atom. The number of halogens is 3. The van der Waals surface area contributed by atoms with Gasteiger partial charge in [0.1, 0.15) is 6.42 Å². The standard InChI is InChI=1S/C10H9BrF2O2/c11-8-3-1-2-7(4-8)5-10(12,13)6-9(14)15/h1-4H,5-6H2,(H,14,15). The molecule has 0 atom stereocenters. The minimum absolute atomic E-state index is 0.413. The number of aliphatic carboxylic acids is 1. The van der Waals surface area contributed by atoms with Gasteiger partial charge in [0, 0.05) is 10.9 Å². The summed E-state index contributed by atoms with van der Waals surface area (Å²) in [5.74, 6) is -4.69. The van der Waals surface area contributed by atoms with Gasteiger partial charge < -0.3 is 5.11 Å². The Kier molecular flexibility index (Phi) is 3.79. The maximum atomic E-state index is 13.1. The predicted molar refractivity (Wildman–Crippen MR) is 55.0 cm³/mol. The lowest BCUT2D eigenvalue weighted by molar-refractivity contribution is -0.144. The monoisotopic (exact) mass is 278 g/mol. The van der Waals surface area contributed by atoms with Crippen molar-refractivity contribution in [3.63, 3.8) is 0 Å². The van der Waals surface area contributed by atoms with Gasteiger partial charge in [0.15, 0.2) is 0 Å². The second-order valence-electron chi connectivity index (χ2n) is 3.23. The van der Waals surface area contributed by atoms with Gasteiger partial charge in [-0.3, -0.25) is 4.79 Å². The highest BCUT2D eigenvalue weighted by Crippen LogP contribution is 2.25. The number of hydrogen-bond donors (Lipinski definition) is 1. The molecule has 5 heteroatoms. The highest BCUT2D eigenvalue weighted by Gasteiger charge is 2.32. The van der Waals surface area contributed by atoms with E-state index < -0.39 is 24.7 Å². The van der Waals surface area contributed by atoms with Crippen molar-refractivity contribution in [2.24, 2.45) is 0 Å². The SMILES string of the molecule is O=C(O)CC(F)(F)Cc1cccc(Br)c1. The van der Waals surface area contributed by atoms with Crippen LogP contribution in [0.25, 0.3) is 0 Å². The van der Waals surface area contributed by atoms with Crippen LogP contribution in [0.4, 0.5) is 8.78 Å². The molecule has 1 rings (SSSR count). The molecule has 0 aromatic heterocycles. The summed E-state index contributed by atoms with van der Waals surface area (Å²) >= 11 is 3.16. The molecule has 1 aromatic carbocycles. The summed E-state index contributed by atoms with van der Waals surface area (Å²) in [5.41, 5.74) is 0.413. The van der Waals surface area contributed by atoms with Crippen LogP contribution in [0, 0.1) is 0 Å². The fraction of sp³-hybridized carbons (Fsp3) is 0.300. The van der Waals surface area contributed by atoms with Gasteiger partial charge in [0.2, 0.25) is 0 Å². The van der Waals surface area contributed by atoms with Crippen LogP contribution in [-0.2, 0) is 11.2 Å². The van der Waals surface area contributed by atoms with Crippen LogP contribution in [0.15, 0.2) is 28.7 Å². The summed E-state index contributed by atoms with van der Waals surface area (Å²) < 4.78 is 26.9. The molecule has 0 heterocycles. The zero-order chi connectivity index (χ0) is 11.5. The Bertz CT molecular complexity index is 366. The van der Waals surface area contributed by atoms with Gasteiger partial charge in [-0.05, 0) is 17.7 Å². The van der Waals surface area contributed by atoms with Crippen LogP contribution in [0.1, 0.15) is 12.0 Å². The predicted octanol–water partition coefficient (Wildman–Crippen LogP) is 3.10. The van der Waals surface area contributed by atoms with E-state index in [0.717, 1.165) is 0 Å². The number of carboxylic acids is 1. The second-order valence-corrected chi connectivity index (χ2v) is 4.15. The molecule has 0 amide bonds. The molecule has 82 valence electrons. The number of hydrogen-bond acceptors (Lipinski definition) is 1. The van der Waals surface area contributed by atoms with Crippen molar-refractivity contribution in [1.82, 2.24) is 0 Å². The Balaban J connectivity index is 2.72. The van der Waals surface area contributed by atoms with Gasteiger partial charge >= 0.3 is 5.97 Å². The van der Waals surface area contributed by atoms with Crippen LogP contribution < -0.4 is 0 Å². The molecule has 15 heavy (non-hydrogen) atoms. The molecular formula is C10H9BrF2O2. The van der Waals surface area contributed by atoms with E-state index in [-0.39, 0.29) is 0 Å². The normalized spacial score (nSPS) is 11.4.